The lowest BCUT2D eigenvalue weighted by molar-refractivity contribution is 0.415. The number of rotatable bonds is 2. The average molecular weight is 252 g/mol. The van der Waals surface area contributed by atoms with Gasteiger partial charge in [-0.1, -0.05) is 35.3 Å². The van der Waals surface area contributed by atoms with Gasteiger partial charge in [-0.3, -0.25) is 0 Å². The molecule has 16 heavy (non-hydrogen) atoms. The molecule has 3 heteroatoms. The van der Waals surface area contributed by atoms with Crippen LogP contribution in [-0.2, 0) is 0 Å². The van der Waals surface area contributed by atoms with Crippen LogP contribution >= 0.6 is 23.2 Å². The molecule has 0 saturated heterocycles. The summed E-state index contributed by atoms with van der Waals surface area (Å²) in [5, 5.41) is 1.02. The Balaban J connectivity index is 2.42. The molecule has 2 aromatic rings. The topological polar surface area (TPSA) is 9.23 Å². The van der Waals surface area contributed by atoms with Gasteiger partial charge in [-0.05, 0) is 35.4 Å². The smallest absolute Gasteiger partial charge is 0.118 e. The molecule has 0 unspecified atom stereocenters. The van der Waals surface area contributed by atoms with E-state index in [1.165, 1.54) is 0 Å². The van der Waals surface area contributed by atoms with Gasteiger partial charge in [0.05, 0.1) is 17.2 Å². The lowest BCUT2D eigenvalue weighted by Gasteiger charge is -2.04. The SMILES string of the molecule is COc1ccc(-c2cc(Cl)[c]c(Cl)c2)cc1. The molecular weight excluding hydrogens is 243 g/mol. The minimum Gasteiger partial charge on any atom is -0.497 e. The molecule has 1 nitrogen and oxygen atoms in total. The van der Waals surface area contributed by atoms with Crippen LogP contribution in [0.4, 0.5) is 0 Å². The first-order valence-corrected chi connectivity index (χ1v) is 5.47. The summed E-state index contributed by atoms with van der Waals surface area (Å²) >= 11 is 11.8. The molecule has 0 saturated carbocycles. The third kappa shape index (κ3) is 2.49. The van der Waals surface area contributed by atoms with E-state index in [0.717, 1.165) is 16.9 Å². The predicted molar refractivity (Wildman–Crippen MR) is 67.3 cm³/mol. The molecule has 0 fully saturated rings. The number of hydrogen-bond acceptors (Lipinski definition) is 1. The fourth-order valence-electron chi connectivity index (χ4n) is 1.45. The van der Waals surface area contributed by atoms with E-state index in [-0.39, 0.29) is 0 Å². The van der Waals surface area contributed by atoms with Crippen molar-refractivity contribution in [2.45, 2.75) is 0 Å². The Hall–Kier alpha value is -1.18. The highest BCUT2D eigenvalue weighted by Crippen LogP contribution is 2.27. The number of ether oxygens (including phenoxy) is 1. The number of benzene rings is 2. The van der Waals surface area contributed by atoms with Gasteiger partial charge in [-0.15, -0.1) is 0 Å². The zero-order chi connectivity index (χ0) is 11.5. The molecule has 0 atom stereocenters. The Morgan fingerprint density at radius 2 is 1.50 bits per heavy atom. The molecule has 2 rings (SSSR count). The maximum Gasteiger partial charge on any atom is 0.118 e. The first-order chi connectivity index (χ1) is 7.69. The normalized spacial score (nSPS) is 10.2. The monoisotopic (exact) mass is 251 g/mol. The summed E-state index contributed by atoms with van der Waals surface area (Å²) in [6, 6.07) is 14.2. The van der Waals surface area contributed by atoms with Crippen molar-refractivity contribution in [2.75, 3.05) is 7.11 Å². The second-order valence-corrected chi connectivity index (χ2v) is 4.11. The minimum atomic E-state index is 0.512. The van der Waals surface area contributed by atoms with Gasteiger partial charge in [0.1, 0.15) is 5.75 Å². The number of halogens is 2. The third-order valence-electron chi connectivity index (χ3n) is 2.23. The largest absolute Gasteiger partial charge is 0.497 e. The Morgan fingerprint density at radius 3 is 2.00 bits per heavy atom. The highest BCUT2D eigenvalue weighted by atomic mass is 35.5. The van der Waals surface area contributed by atoms with Crippen LogP contribution in [0.5, 0.6) is 5.75 Å². The minimum absolute atomic E-state index is 0.512. The molecule has 81 valence electrons. The maximum absolute atomic E-state index is 5.89. The van der Waals surface area contributed by atoms with Gasteiger partial charge in [0, 0.05) is 6.07 Å². The van der Waals surface area contributed by atoms with Crippen LogP contribution in [0.25, 0.3) is 11.1 Å². The van der Waals surface area contributed by atoms with E-state index in [1.807, 2.05) is 36.4 Å². The molecule has 0 heterocycles. The molecule has 0 spiro atoms. The van der Waals surface area contributed by atoms with Crippen LogP contribution in [0.1, 0.15) is 0 Å². The molecule has 1 radical (unpaired) electrons. The fraction of sp³-hybridized carbons (Fsp3) is 0.0769. The second-order valence-electron chi connectivity index (χ2n) is 3.29. The van der Waals surface area contributed by atoms with Gasteiger partial charge in [-0.25, -0.2) is 0 Å². The summed E-state index contributed by atoms with van der Waals surface area (Å²) in [6.45, 7) is 0. The Morgan fingerprint density at radius 1 is 0.938 bits per heavy atom. The highest BCUT2D eigenvalue weighted by molar-refractivity contribution is 6.34. The van der Waals surface area contributed by atoms with Crippen molar-refractivity contribution in [1.29, 1.82) is 0 Å². The van der Waals surface area contributed by atoms with E-state index in [4.69, 9.17) is 27.9 Å². The summed E-state index contributed by atoms with van der Waals surface area (Å²) in [5.41, 5.74) is 2.01. The lowest BCUT2D eigenvalue weighted by Crippen LogP contribution is -1.83. The van der Waals surface area contributed by atoms with E-state index < -0.39 is 0 Å². The molecule has 0 aliphatic carbocycles. The summed E-state index contributed by atoms with van der Waals surface area (Å²) in [7, 11) is 1.64. The van der Waals surface area contributed by atoms with Gasteiger partial charge >= 0.3 is 0 Å². The van der Waals surface area contributed by atoms with Crippen LogP contribution < -0.4 is 4.74 Å². The Kier molecular flexibility index (Phi) is 3.37. The highest BCUT2D eigenvalue weighted by Gasteiger charge is 2.02. The van der Waals surface area contributed by atoms with E-state index in [1.54, 1.807) is 7.11 Å². The van der Waals surface area contributed by atoms with Crippen LogP contribution in [0, 0.1) is 6.07 Å². The van der Waals surface area contributed by atoms with Crippen molar-refractivity contribution in [2.24, 2.45) is 0 Å². The number of hydrogen-bond donors (Lipinski definition) is 0. The summed E-state index contributed by atoms with van der Waals surface area (Å²) < 4.78 is 5.09. The van der Waals surface area contributed by atoms with E-state index in [9.17, 15) is 0 Å². The van der Waals surface area contributed by atoms with Crippen molar-refractivity contribution in [1.82, 2.24) is 0 Å². The Bertz CT molecular complexity index is 472. The molecule has 0 amide bonds. The standard InChI is InChI=1S/C13H9Cl2O/c1-16-13-4-2-9(3-5-13)10-6-11(14)8-12(15)7-10/h2-7H,1H3. The zero-order valence-electron chi connectivity index (χ0n) is 8.63. The van der Waals surface area contributed by atoms with Gasteiger partial charge in [-0.2, -0.15) is 0 Å². The molecule has 0 aromatic heterocycles. The van der Waals surface area contributed by atoms with E-state index >= 15 is 0 Å². The molecule has 0 N–H and O–H groups in total. The maximum atomic E-state index is 5.89. The van der Waals surface area contributed by atoms with Gasteiger partial charge in [0.15, 0.2) is 0 Å². The predicted octanol–water partition coefficient (Wildman–Crippen LogP) is 4.47. The second kappa shape index (κ2) is 4.77. The van der Waals surface area contributed by atoms with E-state index in [0.29, 0.717) is 10.0 Å². The van der Waals surface area contributed by atoms with Crippen molar-refractivity contribution in [3.8, 4) is 16.9 Å². The first kappa shape index (κ1) is 11.3. The van der Waals surface area contributed by atoms with Crippen molar-refractivity contribution < 1.29 is 4.74 Å². The van der Waals surface area contributed by atoms with Crippen LogP contribution in [-0.4, -0.2) is 7.11 Å². The van der Waals surface area contributed by atoms with Gasteiger partial charge < -0.3 is 4.74 Å². The molecule has 0 aliphatic heterocycles. The molecular formula is C13H9Cl2O. The first-order valence-electron chi connectivity index (χ1n) is 4.72. The van der Waals surface area contributed by atoms with Crippen LogP contribution in [0.2, 0.25) is 10.0 Å². The number of methoxy groups -OCH3 is 1. The molecule has 0 aliphatic rings. The summed E-state index contributed by atoms with van der Waals surface area (Å²) in [4.78, 5) is 0. The summed E-state index contributed by atoms with van der Waals surface area (Å²) in [5.74, 6) is 0.823. The van der Waals surface area contributed by atoms with Crippen LogP contribution in [0.3, 0.4) is 0 Å². The molecule has 2 aromatic carbocycles. The Labute approximate surface area is 105 Å². The van der Waals surface area contributed by atoms with Gasteiger partial charge in [0.25, 0.3) is 0 Å². The van der Waals surface area contributed by atoms with Crippen molar-refractivity contribution in [3.05, 3.63) is 52.5 Å². The third-order valence-corrected chi connectivity index (χ3v) is 2.63. The van der Waals surface area contributed by atoms with Crippen molar-refractivity contribution in [3.63, 3.8) is 0 Å². The zero-order valence-corrected chi connectivity index (χ0v) is 10.1. The lowest BCUT2D eigenvalue weighted by atomic mass is 10.1. The fourth-order valence-corrected chi connectivity index (χ4v) is 1.94. The summed E-state index contributed by atoms with van der Waals surface area (Å²) in [6.07, 6.45) is 0. The van der Waals surface area contributed by atoms with E-state index in [2.05, 4.69) is 6.07 Å². The average Bonchev–Trinajstić information content (AvgIpc) is 2.28. The molecule has 0 bridgehead atoms. The van der Waals surface area contributed by atoms with Crippen LogP contribution in [0.15, 0.2) is 36.4 Å². The van der Waals surface area contributed by atoms with Gasteiger partial charge in [0.2, 0.25) is 0 Å². The van der Waals surface area contributed by atoms with Crippen molar-refractivity contribution >= 4 is 23.2 Å². The quantitative estimate of drug-likeness (QED) is 0.766.